The van der Waals surface area contributed by atoms with Crippen LogP contribution in [0.2, 0.25) is 5.02 Å². The third kappa shape index (κ3) is 2.46. The molecule has 0 bridgehead atoms. The van der Waals surface area contributed by atoms with Gasteiger partial charge in [-0.25, -0.2) is 4.39 Å². The molecule has 1 rings (SSSR count). The molecule has 0 fully saturated rings. The third-order valence-corrected chi connectivity index (χ3v) is 2.24. The standard InChI is InChI=1S/C9H9ClFNO4/c1-15-9(16-2)5-3-6(10)7(11)4-8(5)12(13)14/h3-4,9H,1-2H3. The number of hydrogen-bond acceptors (Lipinski definition) is 4. The highest BCUT2D eigenvalue weighted by Crippen LogP contribution is 2.32. The van der Waals surface area contributed by atoms with Crippen LogP contribution in [0.3, 0.4) is 0 Å². The van der Waals surface area contributed by atoms with Gasteiger partial charge >= 0.3 is 0 Å². The first-order valence-electron chi connectivity index (χ1n) is 4.20. The Morgan fingerprint density at radius 2 is 2.00 bits per heavy atom. The molecule has 88 valence electrons. The minimum Gasteiger partial charge on any atom is -0.351 e. The maximum absolute atomic E-state index is 13.1. The smallest absolute Gasteiger partial charge is 0.280 e. The monoisotopic (exact) mass is 249 g/mol. The van der Waals surface area contributed by atoms with E-state index in [0.717, 1.165) is 12.1 Å². The van der Waals surface area contributed by atoms with Crippen molar-refractivity contribution in [1.29, 1.82) is 0 Å². The van der Waals surface area contributed by atoms with Crippen molar-refractivity contribution in [2.24, 2.45) is 0 Å². The SMILES string of the molecule is COC(OC)c1cc(Cl)c(F)cc1[N+](=O)[O-]. The summed E-state index contributed by atoms with van der Waals surface area (Å²) in [6.07, 6.45) is -0.960. The Morgan fingerprint density at radius 3 is 2.44 bits per heavy atom. The van der Waals surface area contributed by atoms with Gasteiger partial charge in [-0.15, -0.1) is 0 Å². The van der Waals surface area contributed by atoms with E-state index in [1.165, 1.54) is 14.2 Å². The normalized spacial score (nSPS) is 10.8. The van der Waals surface area contributed by atoms with E-state index in [0.29, 0.717) is 0 Å². The molecular formula is C9H9ClFNO4. The Morgan fingerprint density at radius 1 is 1.44 bits per heavy atom. The second kappa shape index (κ2) is 5.20. The maximum atomic E-state index is 13.1. The molecule has 0 spiro atoms. The first-order valence-corrected chi connectivity index (χ1v) is 4.58. The summed E-state index contributed by atoms with van der Waals surface area (Å²) in [5.74, 6) is -0.858. The lowest BCUT2D eigenvalue weighted by Gasteiger charge is -2.14. The number of halogens is 2. The minimum atomic E-state index is -0.960. The van der Waals surface area contributed by atoms with Gasteiger partial charge in [0, 0.05) is 14.2 Å². The van der Waals surface area contributed by atoms with Gasteiger partial charge in [-0.3, -0.25) is 10.1 Å². The fourth-order valence-electron chi connectivity index (χ4n) is 1.25. The van der Waals surface area contributed by atoms with Crippen molar-refractivity contribution in [1.82, 2.24) is 0 Å². The van der Waals surface area contributed by atoms with E-state index in [1.54, 1.807) is 0 Å². The number of hydrogen-bond donors (Lipinski definition) is 0. The molecule has 0 amide bonds. The van der Waals surface area contributed by atoms with Crippen molar-refractivity contribution in [3.8, 4) is 0 Å². The van der Waals surface area contributed by atoms with Gasteiger partial charge in [-0.05, 0) is 6.07 Å². The number of nitro groups is 1. The summed E-state index contributed by atoms with van der Waals surface area (Å²) in [4.78, 5) is 9.98. The fraction of sp³-hybridized carbons (Fsp3) is 0.333. The van der Waals surface area contributed by atoms with Crippen LogP contribution in [0.25, 0.3) is 0 Å². The first kappa shape index (κ1) is 12.8. The quantitative estimate of drug-likeness (QED) is 0.468. The van der Waals surface area contributed by atoms with Gasteiger partial charge < -0.3 is 9.47 Å². The van der Waals surface area contributed by atoms with Crippen molar-refractivity contribution in [3.05, 3.63) is 38.7 Å². The zero-order valence-electron chi connectivity index (χ0n) is 8.57. The van der Waals surface area contributed by atoms with Crippen LogP contribution in [-0.4, -0.2) is 19.1 Å². The van der Waals surface area contributed by atoms with Crippen molar-refractivity contribution in [2.45, 2.75) is 6.29 Å². The third-order valence-electron chi connectivity index (χ3n) is 1.95. The van der Waals surface area contributed by atoms with E-state index in [2.05, 4.69) is 0 Å². The summed E-state index contributed by atoms with van der Waals surface area (Å²) >= 11 is 5.54. The number of benzene rings is 1. The lowest BCUT2D eigenvalue weighted by atomic mass is 10.1. The van der Waals surface area contributed by atoms with Crippen LogP contribution < -0.4 is 0 Å². The average molecular weight is 250 g/mol. The van der Waals surface area contributed by atoms with Crippen molar-refractivity contribution in [2.75, 3.05) is 14.2 Å². The molecule has 0 aromatic heterocycles. The Kier molecular flexibility index (Phi) is 4.17. The van der Waals surface area contributed by atoms with Crippen molar-refractivity contribution in [3.63, 3.8) is 0 Å². The van der Waals surface area contributed by atoms with Gasteiger partial charge in [0.1, 0.15) is 5.82 Å². The molecule has 0 unspecified atom stereocenters. The minimum absolute atomic E-state index is 0.0707. The summed E-state index contributed by atoms with van der Waals surface area (Å²) in [5.41, 5.74) is -0.364. The molecule has 0 aliphatic heterocycles. The van der Waals surface area contributed by atoms with Gasteiger partial charge in [0.05, 0.1) is 21.6 Å². The first-order chi connectivity index (χ1) is 7.51. The maximum Gasteiger partial charge on any atom is 0.280 e. The molecule has 16 heavy (non-hydrogen) atoms. The van der Waals surface area contributed by atoms with Gasteiger partial charge in [0.25, 0.3) is 5.69 Å². The number of ether oxygens (including phenoxy) is 2. The van der Waals surface area contributed by atoms with E-state index in [4.69, 9.17) is 21.1 Å². The van der Waals surface area contributed by atoms with Crippen LogP contribution in [0.5, 0.6) is 0 Å². The van der Waals surface area contributed by atoms with E-state index < -0.39 is 22.7 Å². The van der Waals surface area contributed by atoms with Crippen LogP contribution in [0.1, 0.15) is 11.9 Å². The second-order valence-corrected chi connectivity index (χ2v) is 3.29. The van der Waals surface area contributed by atoms with Crippen molar-refractivity contribution >= 4 is 17.3 Å². The zero-order chi connectivity index (χ0) is 12.3. The Labute approximate surface area is 95.9 Å². The van der Waals surface area contributed by atoms with E-state index in [9.17, 15) is 14.5 Å². The molecule has 0 saturated carbocycles. The molecule has 0 aliphatic carbocycles. The summed E-state index contributed by atoms with van der Waals surface area (Å²) in [5, 5.41) is 10.5. The average Bonchev–Trinajstić information content (AvgIpc) is 2.24. The predicted octanol–water partition coefficient (Wildman–Crippen LogP) is 2.68. The number of nitrogens with zero attached hydrogens (tertiary/aromatic N) is 1. The summed E-state index contributed by atoms with van der Waals surface area (Å²) in [7, 11) is 2.63. The lowest BCUT2D eigenvalue weighted by Crippen LogP contribution is -2.07. The van der Waals surface area contributed by atoms with Crippen LogP contribution >= 0.6 is 11.6 Å². The van der Waals surface area contributed by atoms with Crippen molar-refractivity contribution < 1.29 is 18.8 Å². The van der Waals surface area contributed by atoms with Gasteiger partial charge in [-0.1, -0.05) is 11.6 Å². The van der Waals surface area contributed by atoms with Gasteiger partial charge in [-0.2, -0.15) is 0 Å². The summed E-state index contributed by atoms with van der Waals surface area (Å²) < 4.78 is 22.8. The van der Waals surface area contributed by atoms with E-state index in [-0.39, 0.29) is 10.6 Å². The molecule has 1 aromatic rings. The molecule has 0 radical (unpaired) electrons. The van der Waals surface area contributed by atoms with Crippen LogP contribution in [0.4, 0.5) is 10.1 Å². The van der Waals surface area contributed by atoms with Crippen LogP contribution in [0, 0.1) is 15.9 Å². The Balaban J connectivity index is 3.34. The highest BCUT2D eigenvalue weighted by molar-refractivity contribution is 6.30. The van der Waals surface area contributed by atoms with E-state index in [1.807, 2.05) is 0 Å². The number of methoxy groups -OCH3 is 2. The molecule has 0 heterocycles. The molecule has 1 aromatic carbocycles. The summed E-state index contributed by atoms with van der Waals surface area (Å²) in [6.45, 7) is 0. The molecule has 0 N–H and O–H groups in total. The highest BCUT2D eigenvalue weighted by Gasteiger charge is 2.24. The van der Waals surface area contributed by atoms with E-state index >= 15 is 0 Å². The van der Waals surface area contributed by atoms with Crippen LogP contribution in [-0.2, 0) is 9.47 Å². The van der Waals surface area contributed by atoms with Gasteiger partial charge in [0.15, 0.2) is 6.29 Å². The molecular weight excluding hydrogens is 241 g/mol. The Bertz CT molecular complexity index is 409. The summed E-state index contributed by atoms with van der Waals surface area (Å²) in [6, 6.07) is 1.86. The zero-order valence-corrected chi connectivity index (χ0v) is 9.32. The molecule has 0 aliphatic rings. The second-order valence-electron chi connectivity index (χ2n) is 2.89. The van der Waals surface area contributed by atoms with Gasteiger partial charge in [0.2, 0.25) is 0 Å². The lowest BCUT2D eigenvalue weighted by molar-refractivity contribution is -0.387. The molecule has 7 heteroatoms. The fourth-order valence-corrected chi connectivity index (χ4v) is 1.42. The highest BCUT2D eigenvalue weighted by atomic mass is 35.5. The molecule has 5 nitrogen and oxygen atoms in total. The predicted molar refractivity (Wildman–Crippen MR) is 54.8 cm³/mol. The number of rotatable bonds is 4. The molecule has 0 atom stereocenters. The molecule has 0 saturated heterocycles. The Hall–Kier alpha value is -1.24. The number of nitro benzene ring substituents is 1. The van der Waals surface area contributed by atoms with Crippen LogP contribution in [0.15, 0.2) is 12.1 Å². The topological polar surface area (TPSA) is 61.6 Å². The largest absolute Gasteiger partial charge is 0.351 e.